The molecule has 2 aromatic rings. The van der Waals surface area contributed by atoms with Gasteiger partial charge in [-0.1, -0.05) is 30.3 Å². The number of rotatable bonds is 5. The number of carboxylic acid groups (broad SMARTS) is 1. The Kier molecular flexibility index (Phi) is 5.53. The van der Waals surface area contributed by atoms with E-state index in [9.17, 15) is 9.90 Å². The number of anilines is 1. The number of hydrogen-bond acceptors (Lipinski definition) is 5. The third-order valence-electron chi connectivity index (χ3n) is 4.00. The molecule has 1 aliphatic heterocycles. The van der Waals surface area contributed by atoms with E-state index in [1.807, 2.05) is 30.3 Å². The van der Waals surface area contributed by atoms with Crippen molar-refractivity contribution in [2.75, 3.05) is 25.5 Å². The van der Waals surface area contributed by atoms with Crippen molar-refractivity contribution < 1.29 is 14.6 Å². The van der Waals surface area contributed by atoms with Gasteiger partial charge >= 0.3 is 5.97 Å². The van der Waals surface area contributed by atoms with E-state index in [0.29, 0.717) is 22.8 Å². The molecule has 26 heavy (non-hydrogen) atoms. The van der Waals surface area contributed by atoms with Gasteiger partial charge in [0.15, 0.2) is 5.96 Å². The minimum absolute atomic E-state index is 0.191. The standard InChI is InChI=1S/C20H21N3O3/c1-26-18-9-3-2-6-15(18)13-17(19(24)25)14-7-4-8-16(12-14)23-20-21-10-5-11-22-20/h2-4,6-9,12-13H,5,10-11H2,1H3,(H,24,25)(H2,21,22,23). The highest BCUT2D eigenvalue weighted by Gasteiger charge is 2.13. The summed E-state index contributed by atoms with van der Waals surface area (Å²) in [5.74, 6) is 0.335. The first kappa shape index (κ1) is 17.5. The monoisotopic (exact) mass is 351 g/mol. The quantitative estimate of drug-likeness (QED) is 0.570. The Morgan fingerprint density at radius 3 is 2.85 bits per heavy atom. The van der Waals surface area contributed by atoms with E-state index in [1.54, 1.807) is 31.4 Å². The molecule has 1 heterocycles. The third kappa shape index (κ3) is 4.22. The summed E-state index contributed by atoms with van der Waals surface area (Å²) in [6.07, 6.45) is 2.63. The number of aliphatic imine (C=N–C) groups is 1. The summed E-state index contributed by atoms with van der Waals surface area (Å²) in [5.41, 5.74) is 2.29. The number of methoxy groups -OCH3 is 1. The molecule has 0 radical (unpaired) electrons. The van der Waals surface area contributed by atoms with Gasteiger partial charge < -0.3 is 20.5 Å². The van der Waals surface area contributed by atoms with Crippen LogP contribution >= 0.6 is 0 Å². The van der Waals surface area contributed by atoms with Crippen LogP contribution in [-0.2, 0) is 4.79 Å². The first-order chi connectivity index (χ1) is 12.7. The normalized spacial score (nSPS) is 14.2. The Bertz CT molecular complexity index is 859. The van der Waals surface area contributed by atoms with E-state index in [2.05, 4.69) is 15.6 Å². The van der Waals surface area contributed by atoms with Crippen molar-refractivity contribution in [1.82, 2.24) is 5.32 Å². The third-order valence-corrected chi connectivity index (χ3v) is 4.00. The van der Waals surface area contributed by atoms with E-state index in [4.69, 9.17) is 4.74 Å². The number of carboxylic acids is 1. The molecule has 2 aromatic carbocycles. The Balaban J connectivity index is 1.93. The lowest BCUT2D eigenvalue weighted by atomic mass is 10.0. The number of ether oxygens (including phenoxy) is 1. The van der Waals surface area contributed by atoms with Crippen molar-refractivity contribution in [3.8, 4) is 5.75 Å². The average molecular weight is 351 g/mol. The molecule has 3 rings (SSSR count). The SMILES string of the molecule is COc1ccccc1C=C(C(=O)O)c1cccc(NC2=NCCCN2)c1. The topological polar surface area (TPSA) is 83.0 Å². The van der Waals surface area contributed by atoms with Crippen LogP contribution < -0.4 is 15.4 Å². The number of benzene rings is 2. The minimum Gasteiger partial charge on any atom is -0.496 e. The molecule has 0 fully saturated rings. The number of nitrogens with zero attached hydrogens (tertiary/aromatic N) is 1. The second kappa shape index (κ2) is 8.20. The molecule has 134 valence electrons. The van der Waals surface area contributed by atoms with Crippen molar-refractivity contribution in [3.63, 3.8) is 0 Å². The first-order valence-corrected chi connectivity index (χ1v) is 8.41. The van der Waals surface area contributed by atoms with Crippen LogP contribution in [-0.4, -0.2) is 37.2 Å². The molecule has 0 unspecified atom stereocenters. The fourth-order valence-electron chi connectivity index (χ4n) is 2.73. The van der Waals surface area contributed by atoms with E-state index < -0.39 is 5.97 Å². The fraction of sp³-hybridized carbons (Fsp3) is 0.200. The summed E-state index contributed by atoms with van der Waals surface area (Å²) in [4.78, 5) is 16.2. The summed E-state index contributed by atoms with van der Waals surface area (Å²) >= 11 is 0. The maximum Gasteiger partial charge on any atom is 0.336 e. The summed E-state index contributed by atoms with van der Waals surface area (Å²) in [6.45, 7) is 1.66. The van der Waals surface area contributed by atoms with Crippen LogP contribution in [0.3, 0.4) is 0 Å². The van der Waals surface area contributed by atoms with Gasteiger partial charge in [0.1, 0.15) is 5.75 Å². The molecule has 0 saturated carbocycles. The molecular weight excluding hydrogens is 330 g/mol. The molecule has 0 amide bonds. The minimum atomic E-state index is -0.999. The predicted octanol–water partition coefficient (Wildman–Crippen LogP) is 3.08. The van der Waals surface area contributed by atoms with Crippen LogP contribution in [0.25, 0.3) is 11.6 Å². The van der Waals surface area contributed by atoms with Gasteiger partial charge in [-0.25, -0.2) is 4.79 Å². The molecule has 0 saturated heterocycles. The van der Waals surface area contributed by atoms with Crippen LogP contribution in [0.4, 0.5) is 5.69 Å². The highest BCUT2D eigenvalue weighted by atomic mass is 16.5. The van der Waals surface area contributed by atoms with Gasteiger partial charge in [-0.05, 0) is 36.3 Å². The maximum absolute atomic E-state index is 11.8. The van der Waals surface area contributed by atoms with E-state index in [-0.39, 0.29) is 5.57 Å². The zero-order valence-corrected chi connectivity index (χ0v) is 14.5. The number of nitrogens with one attached hydrogen (secondary N) is 2. The van der Waals surface area contributed by atoms with Crippen LogP contribution in [0.5, 0.6) is 5.75 Å². The summed E-state index contributed by atoms with van der Waals surface area (Å²) in [7, 11) is 1.57. The zero-order valence-electron chi connectivity index (χ0n) is 14.5. The smallest absolute Gasteiger partial charge is 0.336 e. The Morgan fingerprint density at radius 2 is 2.12 bits per heavy atom. The van der Waals surface area contributed by atoms with Crippen molar-refractivity contribution >= 4 is 29.3 Å². The van der Waals surface area contributed by atoms with Crippen LogP contribution in [0.15, 0.2) is 53.5 Å². The molecule has 0 aliphatic carbocycles. The molecule has 3 N–H and O–H groups in total. The number of aliphatic carboxylic acids is 1. The van der Waals surface area contributed by atoms with Crippen LogP contribution in [0, 0.1) is 0 Å². The van der Waals surface area contributed by atoms with Gasteiger partial charge in [0.05, 0.1) is 12.7 Å². The highest BCUT2D eigenvalue weighted by molar-refractivity contribution is 6.21. The first-order valence-electron chi connectivity index (χ1n) is 8.41. The molecule has 6 heteroatoms. The second-order valence-electron chi connectivity index (χ2n) is 5.82. The largest absolute Gasteiger partial charge is 0.496 e. The van der Waals surface area contributed by atoms with Crippen LogP contribution in [0.1, 0.15) is 17.5 Å². The van der Waals surface area contributed by atoms with Gasteiger partial charge in [0.2, 0.25) is 0 Å². The zero-order chi connectivity index (χ0) is 18.4. The van der Waals surface area contributed by atoms with E-state index >= 15 is 0 Å². The number of carbonyl (C=O) groups is 1. The van der Waals surface area contributed by atoms with Gasteiger partial charge in [0.25, 0.3) is 0 Å². The molecule has 6 nitrogen and oxygen atoms in total. The summed E-state index contributed by atoms with van der Waals surface area (Å²) in [6, 6.07) is 14.6. The highest BCUT2D eigenvalue weighted by Crippen LogP contribution is 2.26. The Hall–Kier alpha value is -3.28. The van der Waals surface area contributed by atoms with Crippen molar-refractivity contribution in [2.45, 2.75) is 6.42 Å². The van der Waals surface area contributed by atoms with Gasteiger partial charge in [-0.2, -0.15) is 0 Å². The fourth-order valence-corrected chi connectivity index (χ4v) is 2.73. The number of guanidine groups is 1. The molecule has 0 atom stereocenters. The molecule has 0 aromatic heterocycles. The van der Waals surface area contributed by atoms with Gasteiger partial charge in [0, 0.05) is 24.3 Å². The number of hydrogen-bond donors (Lipinski definition) is 3. The van der Waals surface area contributed by atoms with Crippen molar-refractivity contribution in [3.05, 3.63) is 59.7 Å². The predicted molar refractivity (Wildman–Crippen MR) is 103 cm³/mol. The average Bonchev–Trinajstić information content (AvgIpc) is 2.67. The van der Waals surface area contributed by atoms with Crippen molar-refractivity contribution in [1.29, 1.82) is 0 Å². The Morgan fingerprint density at radius 1 is 1.27 bits per heavy atom. The summed E-state index contributed by atoms with van der Waals surface area (Å²) in [5, 5.41) is 16.1. The van der Waals surface area contributed by atoms with Gasteiger partial charge in [-0.3, -0.25) is 4.99 Å². The lowest BCUT2D eigenvalue weighted by Gasteiger charge is -2.16. The van der Waals surface area contributed by atoms with E-state index in [1.165, 1.54) is 0 Å². The lowest BCUT2D eigenvalue weighted by molar-refractivity contribution is -0.130. The maximum atomic E-state index is 11.8. The molecule has 1 aliphatic rings. The summed E-state index contributed by atoms with van der Waals surface area (Å²) < 4.78 is 5.31. The molecule has 0 spiro atoms. The number of para-hydroxylation sites is 1. The molecular formula is C20H21N3O3. The van der Waals surface area contributed by atoms with Crippen LogP contribution in [0.2, 0.25) is 0 Å². The Labute approximate surface area is 152 Å². The second-order valence-corrected chi connectivity index (χ2v) is 5.82. The molecule has 0 bridgehead atoms. The van der Waals surface area contributed by atoms with E-state index in [0.717, 1.165) is 25.2 Å². The lowest BCUT2D eigenvalue weighted by Crippen LogP contribution is -2.35. The van der Waals surface area contributed by atoms with Gasteiger partial charge in [-0.15, -0.1) is 0 Å². The van der Waals surface area contributed by atoms with Crippen molar-refractivity contribution in [2.24, 2.45) is 4.99 Å².